The van der Waals surface area contributed by atoms with E-state index >= 15 is 0 Å². The average molecular weight is 237 g/mol. The molecule has 1 aromatic carbocycles. The van der Waals surface area contributed by atoms with E-state index in [9.17, 15) is 17.6 Å². The third-order valence-electron chi connectivity index (χ3n) is 2.16. The van der Waals surface area contributed by atoms with Crippen LogP contribution in [0, 0.1) is 5.82 Å². The summed E-state index contributed by atoms with van der Waals surface area (Å²) >= 11 is 0. The molecule has 0 fully saturated rings. The van der Waals surface area contributed by atoms with Crippen molar-refractivity contribution < 1.29 is 22.7 Å². The van der Waals surface area contributed by atoms with Crippen molar-refractivity contribution >= 4 is 0 Å². The molecule has 0 saturated heterocycles. The van der Waals surface area contributed by atoms with E-state index in [4.69, 9.17) is 10.8 Å². The summed E-state index contributed by atoms with van der Waals surface area (Å²) in [5.41, 5.74) is 4.27. The minimum Gasteiger partial charge on any atom is -0.396 e. The van der Waals surface area contributed by atoms with Crippen LogP contribution in [0.2, 0.25) is 0 Å². The van der Waals surface area contributed by atoms with Crippen LogP contribution in [0.1, 0.15) is 23.6 Å². The summed E-state index contributed by atoms with van der Waals surface area (Å²) in [5.74, 6) is -0.797. The van der Waals surface area contributed by atoms with Crippen molar-refractivity contribution in [1.29, 1.82) is 0 Å². The minimum absolute atomic E-state index is 0.0121. The lowest BCUT2D eigenvalue weighted by molar-refractivity contribution is -0.137. The first-order valence-corrected chi connectivity index (χ1v) is 4.59. The largest absolute Gasteiger partial charge is 0.416 e. The molecule has 1 aromatic rings. The second-order valence-electron chi connectivity index (χ2n) is 3.35. The van der Waals surface area contributed by atoms with Gasteiger partial charge >= 0.3 is 6.18 Å². The number of hydrogen-bond donors (Lipinski definition) is 2. The Balaban J connectivity index is 3.09. The molecule has 0 spiro atoms. The summed E-state index contributed by atoms with van der Waals surface area (Å²) in [7, 11) is 0. The smallest absolute Gasteiger partial charge is 0.396 e. The number of nitrogens with two attached hydrogens (primary N) is 1. The molecule has 90 valence electrons. The molecule has 0 saturated carbocycles. The fraction of sp³-hybridized carbons (Fsp3) is 0.400. The maximum absolute atomic E-state index is 13.2. The van der Waals surface area contributed by atoms with Gasteiger partial charge in [0.1, 0.15) is 5.82 Å². The Bertz CT molecular complexity index is 364. The molecule has 0 aliphatic carbocycles. The molecule has 0 radical (unpaired) electrons. The Morgan fingerprint density at radius 2 is 1.94 bits per heavy atom. The topological polar surface area (TPSA) is 46.2 Å². The van der Waals surface area contributed by atoms with Crippen LogP contribution in [0.15, 0.2) is 18.2 Å². The monoisotopic (exact) mass is 237 g/mol. The lowest BCUT2D eigenvalue weighted by Crippen LogP contribution is -2.15. The Kier molecular flexibility index (Phi) is 3.88. The molecular formula is C10H11F4NO. The fourth-order valence-corrected chi connectivity index (χ4v) is 1.30. The average Bonchev–Trinajstić information content (AvgIpc) is 2.16. The van der Waals surface area contributed by atoms with Crippen LogP contribution in [0.4, 0.5) is 17.6 Å². The van der Waals surface area contributed by atoms with E-state index in [1.807, 2.05) is 0 Å². The number of halogens is 4. The van der Waals surface area contributed by atoms with Gasteiger partial charge in [-0.2, -0.15) is 13.2 Å². The van der Waals surface area contributed by atoms with E-state index in [1.54, 1.807) is 0 Å². The van der Waals surface area contributed by atoms with Crippen molar-refractivity contribution in [2.24, 2.45) is 5.73 Å². The number of aliphatic hydroxyl groups excluding tert-OH is 1. The number of rotatable bonds is 3. The summed E-state index contributed by atoms with van der Waals surface area (Å²) < 4.78 is 50.2. The van der Waals surface area contributed by atoms with Crippen LogP contribution in [0.3, 0.4) is 0 Å². The SMILES string of the molecule is N[C@@H](CCO)c1cc(C(F)(F)F)ccc1F. The van der Waals surface area contributed by atoms with E-state index in [0.717, 1.165) is 6.07 Å². The Morgan fingerprint density at radius 3 is 2.44 bits per heavy atom. The molecule has 0 aliphatic rings. The standard InChI is InChI=1S/C10H11F4NO/c11-8-2-1-6(10(12,13)14)5-7(8)9(15)3-4-16/h1-2,5,9,16H,3-4,15H2/t9-/m0/s1. The van der Waals surface area contributed by atoms with Crippen molar-refractivity contribution in [3.63, 3.8) is 0 Å². The molecule has 0 bridgehead atoms. The van der Waals surface area contributed by atoms with Crippen LogP contribution < -0.4 is 5.73 Å². The minimum atomic E-state index is -4.53. The molecule has 0 aromatic heterocycles. The Hall–Kier alpha value is -1.14. The lowest BCUT2D eigenvalue weighted by atomic mass is 10.0. The van der Waals surface area contributed by atoms with E-state index < -0.39 is 23.6 Å². The van der Waals surface area contributed by atoms with Gasteiger partial charge in [-0.3, -0.25) is 0 Å². The molecular weight excluding hydrogens is 226 g/mol. The Morgan fingerprint density at radius 1 is 1.31 bits per heavy atom. The maximum Gasteiger partial charge on any atom is 0.416 e. The Labute approximate surface area is 89.7 Å². The first-order valence-electron chi connectivity index (χ1n) is 4.59. The van der Waals surface area contributed by atoms with Crippen molar-refractivity contribution in [2.45, 2.75) is 18.6 Å². The number of aliphatic hydroxyl groups is 1. The van der Waals surface area contributed by atoms with Crippen LogP contribution in [-0.4, -0.2) is 11.7 Å². The van der Waals surface area contributed by atoms with E-state index in [1.165, 1.54) is 0 Å². The van der Waals surface area contributed by atoms with Gasteiger partial charge in [0.15, 0.2) is 0 Å². The predicted octanol–water partition coefficient (Wildman–Crippen LogP) is 2.23. The normalized spacial score (nSPS) is 13.9. The van der Waals surface area contributed by atoms with Gasteiger partial charge in [-0.05, 0) is 24.6 Å². The van der Waals surface area contributed by atoms with Gasteiger partial charge in [0.05, 0.1) is 5.56 Å². The van der Waals surface area contributed by atoms with E-state index in [-0.39, 0.29) is 18.6 Å². The van der Waals surface area contributed by atoms with E-state index in [0.29, 0.717) is 12.1 Å². The van der Waals surface area contributed by atoms with E-state index in [2.05, 4.69) is 0 Å². The van der Waals surface area contributed by atoms with Crippen molar-refractivity contribution in [1.82, 2.24) is 0 Å². The fourth-order valence-electron chi connectivity index (χ4n) is 1.30. The maximum atomic E-state index is 13.2. The zero-order valence-electron chi connectivity index (χ0n) is 8.26. The molecule has 0 heterocycles. The zero-order valence-corrected chi connectivity index (χ0v) is 8.26. The van der Waals surface area contributed by atoms with Gasteiger partial charge < -0.3 is 10.8 Å². The van der Waals surface area contributed by atoms with Crippen molar-refractivity contribution in [3.05, 3.63) is 35.1 Å². The second kappa shape index (κ2) is 4.80. The number of benzene rings is 1. The zero-order chi connectivity index (χ0) is 12.3. The van der Waals surface area contributed by atoms with Crippen molar-refractivity contribution in [2.75, 3.05) is 6.61 Å². The third-order valence-corrected chi connectivity index (χ3v) is 2.16. The highest BCUT2D eigenvalue weighted by Gasteiger charge is 2.31. The van der Waals surface area contributed by atoms with Gasteiger partial charge in [-0.1, -0.05) is 0 Å². The lowest BCUT2D eigenvalue weighted by Gasteiger charge is -2.14. The summed E-state index contributed by atoms with van der Waals surface area (Å²) in [6.07, 6.45) is -4.51. The number of hydrogen-bond acceptors (Lipinski definition) is 2. The third kappa shape index (κ3) is 2.93. The summed E-state index contributed by atoms with van der Waals surface area (Å²) in [5, 5.41) is 8.59. The molecule has 0 aliphatic heterocycles. The molecule has 16 heavy (non-hydrogen) atoms. The van der Waals surface area contributed by atoms with Gasteiger partial charge in [0.25, 0.3) is 0 Å². The quantitative estimate of drug-likeness (QED) is 0.792. The molecule has 1 rings (SSSR count). The predicted molar refractivity (Wildman–Crippen MR) is 50.0 cm³/mol. The van der Waals surface area contributed by atoms with Crippen LogP contribution >= 0.6 is 0 Å². The van der Waals surface area contributed by atoms with Crippen molar-refractivity contribution in [3.8, 4) is 0 Å². The van der Waals surface area contributed by atoms with Gasteiger partial charge in [-0.25, -0.2) is 4.39 Å². The van der Waals surface area contributed by atoms with Gasteiger partial charge in [-0.15, -0.1) is 0 Å². The first-order chi connectivity index (χ1) is 7.36. The molecule has 0 unspecified atom stereocenters. The van der Waals surface area contributed by atoms with Crippen LogP contribution in [-0.2, 0) is 6.18 Å². The van der Waals surface area contributed by atoms with Gasteiger partial charge in [0, 0.05) is 18.2 Å². The van der Waals surface area contributed by atoms with Crippen LogP contribution in [0.5, 0.6) is 0 Å². The summed E-state index contributed by atoms with van der Waals surface area (Å²) in [4.78, 5) is 0. The highest BCUT2D eigenvalue weighted by atomic mass is 19.4. The molecule has 0 amide bonds. The first kappa shape index (κ1) is 12.9. The summed E-state index contributed by atoms with van der Waals surface area (Å²) in [6.45, 7) is -0.309. The molecule has 6 heteroatoms. The number of alkyl halides is 3. The molecule has 2 nitrogen and oxygen atoms in total. The summed E-state index contributed by atoms with van der Waals surface area (Å²) in [6, 6.07) is 1.13. The second-order valence-corrected chi connectivity index (χ2v) is 3.35. The molecule has 1 atom stereocenters. The highest BCUT2D eigenvalue weighted by molar-refractivity contribution is 5.29. The van der Waals surface area contributed by atoms with Gasteiger partial charge in [0.2, 0.25) is 0 Å². The van der Waals surface area contributed by atoms with Crippen LogP contribution in [0.25, 0.3) is 0 Å². The highest BCUT2D eigenvalue weighted by Crippen LogP contribution is 2.31. The molecule has 3 N–H and O–H groups in total.